The summed E-state index contributed by atoms with van der Waals surface area (Å²) in [6.45, 7) is 1.81. The summed E-state index contributed by atoms with van der Waals surface area (Å²) in [5.41, 5.74) is 0. The largest absolute Gasteiger partial charge is 0.476 e. The van der Waals surface area contributed by atoms with E-state index in [0.717, 1.165) is 6.54 Å². The molecule has 1 atom stereocenters. The predicted molar refractivity (Wildman–Crippen MR) is 53.2 cm³/mol. The van der Waals surface area contributed by atoms with E-state index in [0.29, 0.717) is 18.5 Å². The van der Waals surface area contributed by atoms with Crippen LogP contribution in [0, 0.1) is 0 Å². The zero-order valence-electron chi connectivity index (χ0n) is 8.15. The van der Waals surface area contributed by atoms with Gasteiger partial charge in [0.05, 0.1) is 0 Å². The van der Waals surface area contributed by atoms with Crippen LogP contribution in [0.4, 0.5) is 0 Å². The number of ether oxygens (including phenoxy) is 1. The van der Waals surface area contributed by atoms with Gasteiger partial charge < -0.3 is 10.1 Å². The third kappa shape index (κ3) is 2.67. The molecule has 1 unspecified atom stereocenters. The summed E-state index contributed by atoms with van der Waals surface area (Å²) in [4.78, 5) is 7.84. The van der Waals surface area contributed by atoms with E-state index in [2.05, 4.69) is 15.3 Å². The fraction of sp³-hybridized carbons (Fsp3) is 0.600. The lowest BCUT2D eigenvalue weighted by Crippen LogP contribution is -2.38. The summed E-state index contributed by atoms with van der Waals surface area (Å²) in [5.74, 6) is 0.660. The fourth-order valence-corrected chi connectivity index (χ4v) is 1.62. The van der Waals surface area contributed by atoms with Crippen LogP contribution >= 0.6 is 0 Å². The van der Waals surface area contributed by atoms with E-state index in [1.54, 1.807) is 12.3 Å². The molecule has 4 nitrogen and oxygen atoms in total. The van der Waals surface area contributed by atoms with Gasteiger partial charge in [0.25, 0.3) is 0 Å². The van der Waals surface area contributed by atoms with Crippen molar-refractivity contribution in [3.8, 4) is 5.88 Å². The molecule has 1 fully saturated rings. The third-order valence-corrected chi connectivity index (χ3v) is 2.40. The van der Waals surface area contributed by atoms with Gasteiger partial charge in [-0.25, -0.2) is 9.97 Å². The van der Waals surface area contributed by atoms with Gasteiger partial charge in [-0.05, 0) is 19.4 Å². The first-order valence-electron chi connectivity index (χ1n) is 5.07. The first-order valence-corrected chi connectivity index (χ1v) is 5.07. The number of aromatic nitrogens is 2. The minimum absolute atomic E-state index is 0.485. The Kier molecular flexibility index (Phi) is 3.29. The molecule has 0 amide bonds. The lowest BCUT2D eigenvalue weighted by molar-refractivity contribution is 0.232. The Morgan fingerprint density at radius 2 is 2.50 bits per heavy atom. The van der Waals surface area contributed by atoms with Crippen molar-refractivity contribution in [2.24, 2.45) is 0 Å². The van der Waals surface area contributed by atoms with Gasteiger partial charge in [-0.15, -0.1) is 0 Å². The molecular formula is C10H15N3O. The molecule has 0 spiro atoms. The molecule has 2 rings (SSSR count). The number of hydrogen-bond donors (Lipinski definition) is 1. The topological polar surface area (TPSA) is 47.0 Å². The highest BCUT2D eigenvalue weighted by atomic mass is 16.5. The molecule has 0 bridgehead atoms. The zero-order valence-corrected chi connectivity index (χ0v) is 8.15. The van der Waals surface area contributed by atoms with E-state index in [4.69, 9.17) is 4.74 Å². The lowest BCUT2D eigenvalue weighted by Gasteiger charge is -2.22. The second-order valence-corrected chi connectivity index (χ2v) is 3.51. The van der Waals surface area contributed by atoms with Crippen molar-refractivity contribution in [1.82, 2.24) is 15.3 Å². The molecule has 1 saturated heterocycles. The van der Waals surface area contributed by atoms with Crippen molar-refractivity contribution in [2.75, 3.05) is 13.2 Å². The van der Waals surface area contributed by atoms with Crippen molar-refractivity contribution in [2.45, 2.75) is 25.3 Å². The van der Waals surface area contributed by atoms with E-state index in [9.17, 15) is 0 Å². The number of rotatable bonds is 3. The Bertz CT molecular complexity index is 259. The summed E-state index contributed by atoms with van der Waals surface area (Å²) in [7, 11) is 0. The van der Waals surface area contributed by atoms with Crippen molar-refractivity contribution in [3.05, 3.63) is 18.6 Å². The molecule has 1 aromatic rings. The van der Waals surface area contributed by atoms with E-state index < -0.39 is 0 Å². The molecule has 1 N–H and O–H groups in total. The maximum absolute atomic E-state index is 5.53. The van der Waals surface area contributed by atoms with Gasteiger partial charge in [-0.2, -0.15) is 0 Å². The predicted octanol–water partition coefficient (Wildman–Crippen LogP) is 0.997. The van der Waals surface area contributed by atoms with Crippen LogP contribution in [0.15, 0.2) is 18.6 Å². The molecule has 2 heterocycles. The maximum Gasteiger partial charge on any atom is 0.216 e. The zero-order chi connectivity index (χ0) is 9.64. The molecule has 1 aliphatic rings. The van der Waals surface area contributed by atoms with E-state index in [1.165, 1.54) is 25.6 Å². The Morgan fingerprint density at radius 3 is 3.21 bits per heavy atom. The van der Waals surface area contributed by atoms with E-state index in [1.807, 2.05) is 0 Å². The van der Waals surface area contributed by atoms with Crippen LogP contribution in [0.5, 0.6) is 5.88 Å². The summed E-state index contributed by atoms with van der Waals surface area (Å²) in [6, 6.07) is 2.27. The van der Waals surface area contributed by atoms with Gasteiger partial charge in [0.2, 0.25) is 5.88 Å². The van der Waals surface area contributed by atoms with Crippen LogP contribution in [-0.2, 0) is 0 Å². The highest BCUT2D eigenvalue weighted by Gasteiger charge is 2.12. The summed E-state index contributed by atoms with van der Waals surface area (Å²) < 4.78 is 5.53. The summed E-state index contributed by atoms with van der Waals surface area (Å²) >= 11 is 0. The average Bonchev–Trinajstić information content (AvgIpc) is 2.29. The van der Waals surface area contributed by atoms with E-state index >= 15 is 0 Å². The molecule has 0 aliphatic carbocycles. The van der Waals surface area contributed by atoms with Crippen molar-refractivity contribution in [1.29, 1.82) is 0 Å². The smallest absolute Gasteiger partial charge is 0.216 e. The van der Waals surface area contributed by atoms with Crippen LogP contribution in [0.2, 0.25) is 0 Å². The second kappa shape index (κ2) is 4.91. The molecule has 4 heteroatoms. The third-order valence-electron chi connectivity index (χ3n) is 2.40. The molecule has 0 radical (unpaired) electrons. The fourth-order valence-electron chi connectivity index (χ4n) is 1.62. The van der Waals surface area contributed by atoms with Crippen LogP contribution in [0.25, 0.3) is 0 Å². The second-order valence-electron chi connectivity index (χ2n) is 3.51. The first kappa shape index (κ1) is 9.40. The monoisotopic (exact) mass is 193 g/mol. The van der Waals surface area contributed by atoms with Crippen LogP contribution in [-0.4, -0.2) is 29.2 Å². The number of hydrogen-bond acceptors (Lipinski definition) is 4. The number of piperidine rings is 1. The van der Waals surface area contributed by atoms with Gasteiger partial charge in [-0.3, -0.25) is 0 Å². The standard InChI is InChI=1S/C10H15N3O/c1-2-5-12-9(3-1)7-14-10-4-6-11-8-13-10/h4,6,8-9,12H,1-3,5,7H2. The number of nitrogens with zero attached hydrogens (tertiary/aromatic N) is 2. The Hall–Kier alpha value is -1.16. The van der Waals surface area contributed by atoms with Crippen LogP contribution in [0.3, 0.4) is 0 Å². The lowest BCUT2D eigenvalue weighted by atomic mass is 10.1. The quantitative estimate of drug-likeness (QED) is 0.778. The van der Waals surface area contributed by atoms with Gasteiger partial charge in [0, 0.05) is 18.3 Å². The van der Waals surface area contributed by atoms with Gasteiger partial charge in [-0.1, -0.05) is 6.42 Å². The molecule has 0 aromatic carbocycles. The SMILES string of the molecule is c1cc(OCC2CCCCN2)ncn1. The van der Waals surface area contributed by atoms with Gasteiger partial charge in [0.15, 0.2) is 0 Å². The maximum atomic E-state index is 5.53. The molecule has 1 aromatic heterocycles. The van der Waals surface area contributed by atoms with Gasteiger partial charge in [0.1, 0.15) is 12.9 Å². The molecule has 14 heavy (non-hydrogen) atoms. The first-order chi connectivity index (χ1) is 6.95. The number of nitrogens with one attached hydrogen (secondary N) is 1. The summed E-state index contributed by atoms with van der Waals surface area (Å²) in [6.07, 6.45) is 6.97. The molecule has 1 aliphatic heterocycles. The van der Waals surface area contributed by atoms with Crippen LogP contribution in [0.1, 0.15) is 19.3 Å². The Balaban J connectivity index is 1.76. The van der Waals surface area contributed by atoms with Crippen LogP contribution < -0.4 is 10.1 Å². The van der Waals surface area contributed by atoms with Crippen molar-refractivity contribution < 1.29 is 4.74 Å². The molecular weight excluding hydrogens is 178 g/mol. The van der Waals surface area contributed by atoms with Gasteiger partial charge >= 0.3 is 0 Å². The van der Waals surface area contributed by atoms with E-state index in [-0.39, 0.29) is 0 Å². The van der Waals surface area contributed by atoms with Crippen molar-refractivity contribution in [3.63, 3.8) is 0 Å². The Labute approximate surface area is 83.7 Å². The minimum Gasteiger partial charge on any atom is -0.476 e. The van der Waals surface area contributed by atoms with Crippen molar-refractivity contribution >= 4 is 0 Å². The summed E-state index contributed by atoms with van der Waals surface area (Å²) in [5, 5.41) is 3.42. The molecule has 76 valence electrons. The highest BCUT2D eigenvalue weighted by molar-refractivity contribution is 5.04. The average molecular weight is 193 g/mol. The minimum atomic E-state index is 0.485. The molecule has 0 saturated carbocycles. The normalized spacial score (nSPS) is 21.9. The highest BCUT2D eigenvalue weighted by Crippen LogP contribution is 2.09. The Morgan fingerprint density at radius 1 is 1.50 bits per heavy atom.